The van der Waals surface area contributed by atoms with Crippen molar-refractivity contribution in [2.24, 2.45) is 5.92 Å². The molecule has 0 aliphatic carbocycles. The number of rotatable bonds is 9. The van der Waals surface area contributed by atoms with Crippen molar-refractivity contribution >= 4 is 0 Å². The summed E-state index contributed by atoms with van der Waals surface area (Å²) >= 11 is 0. The van der Waals surface area contributed by atoms with Crippen LogP contribution in [0.5, 0.6) is 5.75 Å². The Bertz CT molecular complexity index is 352. The lowest BCUT2D eigenvalue weighted by Gasteiger charge is -2.22. The second-order valence-electron chi connectivity index (χ2n) is 5.31. The molecule has 0 spiro atoms. The minimum absolute atomic E-state index is 0.707. The molecule has 0 unspecified atom stereocenters. The molecule has 0 aliphatic rings. The van der Waals surface area contributed by atoms with Gasteiger partial charge in [-0.2, -0.15) is 0 Å². The van der Waals surface area contributed by atoms with Crippen LogP contribution >= 0.6 is 0 Å². The fourth-order valence-electron chi connectivity index (χ4n) is 2.14. The first kappa shape index (κ1) is 16.0. The predicted molar refractivity (Wildman–Crippen MR) is 81.7 cm³/mol. The second kappa shape index (κ2) is 8.94. The average Bonchev–Trinajstić information content (AvgIpc) is 2.38. The molecule has 0 radical (unpaired) electrons. The molecule has 0 fully saturated rings. The fraction of sp³-hybridized carbons (Fsp3) is 0.625. The molecule has 0 saturated carbocycles. The van der Waals surface area contributed by atoms with Crippen LogP contribution in [0.4, 0.5) is 0 Å². The standard InChI is InChI=1S/C16H28N2O/c1-5-18(13-14(2)3)9-10-19-16-8-6-7-15(11-16)12-17-4/h6-8,11,14,17H,5,9-10,12-13H2,1-4H3. The maximum atomic E-state index is 5.84. The van der Waals surface area contributed by atoms with Crippen molar-refractivity contribution in [2.75, 3.05) is 33.3 Å². The number of hydrogen-bond donors (Lipinski definition) is 1. The van der Waals surface area contributed by atoms with E-state index in [9.17, 15) is 0 Å². The molecule has 0 bridgehead atoms. The van der Waals surface area contributed by atoms with Crippen LogP contribution in [-0.2, 0) is 6.54 Å². The van der Waals surface area contributed by atoms with E-state index in [0.29, 0.717) is 5.92 Å². The van der Waals surface area contributed by atoms with Crippen molar-refractivity contribution in [1.29, 1.82) is 0 Å². The van der Waals surface area contributed by atoms with Crippen LogP contribution in [0.2, 0.25) is 0 Å². The first-order chi connectivity index (χ1) is 9.15. The van der Waals surface area contributed by atoms with Gasteiger partial charge in [0.1, 0.15) is 12.4 Å². The summed E-state index contributed by atoms with van der Waals surface area (Å²) in [5.41, 5.74) is 1.26. The van der Waals surface area contributed by atoms with Gasteiger partial charge in [0.2, 0.25) is 0 Å². The Labute approximate surface area is 118 Å². The number of nitrogens with one attached hydrogen (secondary N) is 1. The maximum absolute atomic E-state index is 5.84. The van der Waals surface area contributed by atoms with E-state index in [1.165, 1.54) is 5.56 Å². The van der Waals surface area contributed by atoms with Gasteiger partial charge in [-0.25, -0.2) is 0 Å². The number of nitrogens with zero attached hydrogens (tertiary/aromatic N) is 1. The predicted octanol–water partition coefficient (Wildman–Crippen LogP) is 2.76. The Hall–Kier alpha value is -1.06. The first-order valence-electron chi connectivity index (χ1n) is 7.24. The summed E-state index contributed by atoms with van der Waals surface area (Å²) in [4.78, 5) is 2.43. The highest BCUT2D eigenvalue weighted by Crippen LogP contribution is 2.13. The summed E-state index contributed by atoms with van der Waals surface area (Å²) in [5, 5.41) is 3.15. The third kappa shape index (κ3) is 6.60. The highest BCUT2D eigenvalue weighted by atomic mass is 16.5. The normalized spacial score (nSPS) is 11.3. The molecule has 0 atom stereocenters. The summed E-state index contributed by atoms with van der Waals surface area (Å²) < 4.78 is 5.84. The van der Waals surface area contributed by atoms with Crippen LogP contribution < -0.4 is 10.1 Å². The van der Waals surface area contributed by atoms with Crippen LogP contribution in [-0.4, -0.2) is 38.2 Å². The molecule has 0 amide bonds. The molecule has 0 heterocycles. The molecule has 3 heteroatoms. The summed E-state index contributed by atoms with van der Waals surface area (Å²) in [6.45, 7) is 11.6. The van der Waals surface area contributed by atoms with Gasteiger partial charge in [-0.1, -0.05) is 32.9 Å². The van der Waals surface area contributed by atoms with Crippen LogP contribution in [0.15, 0.2) is 24.3 Å². The van der Waals surface area contributed by atoms with Crippen LogP contribution in [0.3, 0.4) is 0 Å². The highest BCUT2D eigenvalue weighted by molar-refractivity contribution is 5.28. The second-order valence-corrected chi connectivity index (χ2v) is 5.31. The Kier molecular flexibility index (Phi) is 7.53. The summed E-state index contributed by atoms with van der Waals surface area (Å²) in [6, 6.07) is 8.29. The summed E-state index contributed by atoms with van der Waals surface area (Å²) in [7, 11) is 1.96. The number of ether oxygens (including phenoxy) is 1. The van der Waals surface area contributed by atoms with Crippen molar-refractivity contribution in [3.05, 3.63) is 29.8 Å². The molecular weight excluding hydrogens is 236 g/mol. The molecule has 0 saturated heterocycles. The van der Waals surface area contributed by atoms with E-state index < -0.39 is 0 Å². The SMILES string of the molecule is CCN(CCOc1cccc(CNC)c1)CC(C)C. The Morgan fingerprint density at radius 2 is 2.11 bits per heavy atom. The Balaban J connectivity index is 2.37. The lowest BCUT2D eigenvalue weighted by molar-refractivity contribution is 0.200. The minimum Gasteiger partial charge on any atom is -0.492 e. The van der Waals surface area contributed by atoms with E-state index >= 15 is 0 Å². The number of hydrogen-bond acceptors (Lipinski definition) is 3. The van der Waals surface area contributed by atoms with Gasteiger partial charge in [0.15, 0.2) is 0 Å². The molecule has 1 N–H and O–H groups in total. The van der Waals surface area contributed by atoms with E-state index in [2.05, 4.69) is 43.1 Å². The Morgan fingerprint density at radius 1 is 1.32 bits per heavy atom. The van der Waals surface area contributed by atoms with Crippen molar-refractivity contribution in [2.45, 2.75) is 27.3 Å². The lowest BCUT2D eigenvalue weighted by Crippen LogP contribution is -2.31. The third-order valence-electron chi connectivity index (χ3n) is 3.03. The molecular formula is C16H28N2O. The molecule has 0 aromatic heterocycles. The van der Waals surface area contributed by atoms with Gasteiger partial charge in [0, 0.05) is 19.6 Å². The van der Waals surface area contributed by atoms with Crippen molar-refractivity contribution in [3.8, 4) is 5.75 Å². The molecule has 0 aliphatic heterocycles. The quantitative estimate of drug-likeness (QED) is 0.742. The van der Waals surface area contributed by atoms with E-state index in [1.54, 1.807) is 0 Å². The number of likely N-dealkylation sites (N-methyl/N-ethyl adjacent to an activating group) is 1. The van der Waals surface area contributed by atoms with Crippen LogP contribution in [0.25, 0.3) is 0 Å². The minimum atomic E-state index is 0.707. The molecule has 19 heavy (non-hydrogen) atoms. The summed E-state index contributed by atoms with van der Waals surface area (Å²) in [5.74, 6) is 1.67. The van der Waals surface area contributed by atoms with Gasteiger partial charge >= 0.3 is 0 Å². The van der Waals surface area contributed by atoms with E-state index in [-0.39, 0.29) is 0 Å². The van der Waals surface area contributed by atoms with Gasteiger partial charge in [-0.3, -0.25) is 4.90 Å². The zero-order valence-electron chi connectivity index (χ0n) is 12.8. The van der Waals surface area contributed by atoms with Crippen molar-refractivity contribution in [1.82, 2.24) is 10.2 Å². The third-order valence-corrected chi connectivity index (χ3v) is 3.03. The van der Waals surface area contributed by atoms with Crippen molar-refractivity contribution < 1.29 is 4.74 Å². The molecule has 1 aromatic carbocycles. The van der Waals surface area contributed by atoms with E-state index in [1.807, 2.05) is 19.2 Å². The molecule has 3 nitrogen and oxygen atoms in total. The fourth-order valence-corrected chi connectivity index (χ4v) is 2.14. The molecule has 1 rings (SSSR count). The first-order valence-corrected chi connectivity index (χ1v) is 7.24. The van der Waals surface area contributed by atoms with Gasteiger partial charge in [0.05, 0.1) is 0 Å². The maximum Gasteiger partial charge on any atom is 0.119 e. The van der Waals surface area contributed by atoms with Crippen LogP contribution in [0, 0.1) is 5.92 Å². The van der Waals surface area contributed by atoms with Gasteiger partial charge in [-0.15, -0.1) is 0 Å². The Morgan fingerprint density at radius 3 is 2.74 bits per heavy atom. The van der Waals surface area contributed by atoms with Gasteiger partial charge in [-0.05, 0) is 37.2 Å². The average molecular weight is 264 g/mol. The van der Waals surface area contributed by atoms with Gasteiger partial charge in [0.25, 0.3) is 0 Å². The zero-order valence-corrected chi connectivity index (χ0v) is 12.8. The highest BCUT2D eigenvalue weighted by Gasteiger charge is 2.05. The lowest BCUT2D eigenvalue weighted by atomic mass is 10.2. The largest absolute Gasteiger partial charge is 0.492 e. The topological polar surface area (TPSA) is 24.5 Å². The van der Waals surface area contributed by atoms with Gasteiger partial charge < -0.3 is 10.1 Å². The zero-order chi connectivity index (χ0) is 14.1. The van der Waals surface area contributed by atoms with Crippen LogP contribution in [0.1, 0.15) is 26.3 Å². The number of benzene rings is 1. The van der Waals surface area contributed by atoms with E-state index in [0.717, 1.165) is 38.5 Å². The van der Waals surface area contributed by atoms with E-state index in [4.69, 9.17) is 4.74 Å². The monoisotopic (exact) mass is 264 g/mol. The molecule has 108 valence electrons. The summed E-state index contributed by atoms with van der Waals surface area (Å²) in [6.07, 6.45) is 0. The van der Waals surface area contributed by atoms with Crippen molar-refractivity contribution in [3.63, 3.8) is 0 Å². The molecule has 1 aromatic rings. The smallest absolute Gasteiger partial charge is 0.119 e.